The van der Waals surface area contributed by atoms with E-state index in [4.69, 9.17) is 4.74 Å². The lowest BCUT2D eigenvalue weighted by Gasteiger charge is -2.32. The van der Waals surface area contributed by atoms with Crippen LogP contribution in [0.15, 0.2) is 54.6 Å². The summed E-state index contributed by atoms with van der Waals surface area (Å²) < 4.78 is 5.14. The van der Waals surface area contributed by atoms with E-state index in [1.807, 2.05) is 61.5 Å². The van der Waals surface area contributed by atoms with Gasteiger partial charge in [-0.05, 0) is 50.3 Å². The maximum absolute atomic E-state index is 13.1. The monoisotopic (exact) mass is 465 g/mol. The minimum atomic E-state index is -0.267. The number of carbonyl (C=O) groups is 3. The molecule has 1 N–H and O–H groups in total. The molecular weight excluding hydrogens is 430 g/mol. The lowest BCUT2D eigenvalue weighted by Crippen LogP contribution is -2.45. The van der Waals surface area contributed by atoms with Crippen LogP contribution in [-0.4, -0.2) is 60.5 Å². The second-order valence-corrected chi connectivity index (χ2v) is 8.65. The summed E-state index contributed by atoms with van der Waals surface area (Å²) in [4.78, 5) is 41.6. The lowest BCUT2D eigenvalue weighted by atomic mass is 9.98. The van der Waals surface area contributed by atoms with E-state index in [9.17, 15) is 14.4 Å². The van der Waals surface area contributed by atoms with Crippen LogP contribution in [0.1, 0.15) is 37.3 Å². The fourth-order valence-corrected chi connectivity index (χ4v) is 4.18. The highest BCUT2D eigenvalue weighted by atomic mass is 16.5. The van der Waals surface area contributed by atoms with E-state index >= 15 is 0 Å². The molecule has 0 radical (unpaired) electrons. The van der Waals surface area contributed by atoms with Crippen molar-refractivity contribution in [1.82, 2.24) is 9.80 Å². The standard InChI is InChI=1S/C27H35N3O4/c1-3-34-26(32)23-13-9-17-30(20-23)25(31)16-19-29(18-15-22-11-5-4-6-12-22)27(33)28-24-14-8-7-10-21(24)2/h4-8,10-12,14,23H,3,9,13,15-20H2,1-2H3,(H,28,33). The number of anilines is 1. The smallest absolute Gasteiger partial charge is 0.321 e. The van der Waals surface area contributed by atoms with Gasteiger partial charge in [-0.25, -0.2) is 4.79 Å². The van der Waals surface area contributed by atoms with E-state index in [1.54, 1.807) is 16.7 Å². The predicted molar refractivity (Wildman–Crippen MR) is 132 cm³/mol. The third kappa shape index (κ3) is 7.33. The number of rotatable bonds is 9. The van der Waals surface area contributed by atoms with Crippen LogP contribution in [0, 0.1) is 12.8 Å². The molecule has 1 atom stereocenters. The molecule has 0 spiro atoms. The van der Waals surface area contributed by atoms with Crippen LogP contribution >= 0.6 is 0 Å². The second-order valence-electron chi connectivity index (χ2n) is 8.65. The lowest BCUT2D eigenvalue weighted by molar-refractivity contribution is -0.151. The van der Waals surface area contributed by atoms with Crippen molar-refractivity contribution in [1.29, 1.82) is 0 Å². The van der Waals surface area contributed by atoms with Gasteiger partial charge in [0.05, 0.1) is 12.5 Å². The molecule has 7 heteroatoms. The van der Waals surface area contributed by atoms with E-state index in [2.05, 4.69) is 5.32 Å². The van der Waals surface area contributed by atoms with E-state index in [1.165, 1.54) is 0 Å². The number of piperidine rings is 1. The van der Waals surface area contributed by atoms with Gasteiger partial charge < -0.3 is 19.9 Å². The van der Waals surface area contributed by atoms with Crippen molar-refractivity contribution in [3.05, 3.63) is 65.7 Å². The van der Waals surface area contributed by atoms with Crippen molar-refractivity contribution in [2.45, 2.75) is 39.5 Å². The highest BCUT2D eigenvalue weighted by Crippen LogP contribution is 2.19. The zero-order valence-electron chi connectivity index (χ0n) is 20.2. The number of aryl methyl sites for hydroxylation is 1. The normalized spacial score (nSPS) is 15.5. The summed E-state index contributed by atoms with van der Waals surface area (Å²) in [6.45, 7) is 5.91. The van der Waals surface area contributed by atoms with Crippen LogP contribution in [0.5, 0.6) is 0 Å². The fourth-order valence-electron chi connectivity index (χ4n) is 4.18. The summed E-state index contributed by atoms with van der Waals surface area (Å²) in [6, 6.07) is 17.4. The molecule has 1 saturated heterocycles. The van der Waals surface area contributed by atoms with Crippen LogP contribution in [0.25, 0.3) is 0 Å². The molecule has 2 aromatic rings. The molecule has 1 unspecified atom stereocenters. The van der Waals surface area contributed by atoms with E-state index in [-0.39, 0.29) is 30.2 Å². The Kier molecular flexibility index (Phi) is 9.50. The second kappa shape index (κ2) is 12.8. The van der Waals surface area contributed by atoms with Gasteiger partial charge in [0, 0.05) is 38.3 Å². The maximum atomic E-state index is 13.1. The first-order chi connectivity index (χ1) is 16.5. The Bertz CT molecular complexity index is 963. The number of urea groups is 1. The van der Waals surface area contributed by atoms with Gasteiger partial charge in [0.1, 0.15) is 0 Å². The number of amides is 3. The Hall–Kier alpha value is -3.35. The fraction of sp³-hybridized carbons (Fsp3) is 0.444. The first-order valence-corrected chi connectivity index (χ1v) is 12.1. The third-order valence-corrected chi connectivity index (χ3v) is 6.18. The molecule has 0 aliphatic carbocycles. The molecule has 1 aliphatic rings. The number of benzene rings is 2. The highest BCUT2D eigenvalue weighted by Gasteiger charge is 2.29. The van der Waals surface area contributed by atoms with Gasteiger partial charge in [0.15, 0.2) is 0 Å². The Balaban J connectivity index is 1.61. The molecular formula is C27H35N3O4. The van der Waals surface area contributed by atoms with Gasteiger partial charge in [0.25, 0.3) is 0 Å². The first-order valence-electron chi connectivity index (χ1n) is 12.1. The molecule has 3 amide bonds. The van der Waals surface area contributed by atoms with E-state index in [0.717, 1.165) is 29.7 Å². The van der Waals surface area contributed by atoms with Gasteiger partial charge in [-0.2, -0.15) is 0 Å². The Labute approximate surface area is 202 Å². The summed E-state index contributed by atoms with van der Waals surface area (Å²) in [6.07, 6.45) is 2.43. The number of hydrogen-bond donors (Lipinski definition) is 1. The van der Waals surface area contributed by atoms with Crippen molar-refractivity contribution >= 4 is 23.6 Å². The van der Waals surface area contributed by atoms with Crippen molar-refractivity contribution in [2.75, 3.05) is 38.1 Å². The number of carbonyl (C=O) groups excluding carboxylic acids is 3. The zero-order chi connectivity index (χ0) is 24.3. The van der Waals surface area contributed by atoms with Crippen molar-refractivity contribution in [3.63, 3.8) is 0 Å². The predicted octanol–water partition coefficient (Wildman–Crippen LogP) is 4.26. The summed E-state index contributed by atoms with van der Waals surface area (Å²) in [5, 5.41) is 2.99. The number of esters is 1. The number of para-hydroxylation sites is 1. The topological polar surface area (TPSA) is 79.0 Å². The SMILES string of the molecule is CCOC(=O)C1CCCN(C(=O)CCN(CCc2ccccc2)C(=O)Nc2ccccc2C)C1. The number of ether oxygens (including phenoxy) is 1. The number of nitrogens with one attached hydrogen (secondary N) is 1. The van der Waals surface area contributed by atoms with Gasteiger partial charge in [-0.1, -0.05) is 48.5 Å². The van der Waals surface area contributed by atoms with Crippen molar-refractivity contribution in [3.8, 4) is 0 Å². The number of hydrogen-bond acceptors (Lipinski definition) is 4. The Morgan fingerprint density at radius 1 is 1.06 bits per heavy atom. The Morgan fingerprint density at radius 3 is 2.53 bits per heavy atom. The molecule has 3 rings (SSSR count). The minimum Gasteiger partial charge on any atom is -0.466 e. The van der Waals surface area contributed by atoms with Gasteiger partial charge in [-0.15, -0.1) is 0 Å². The molecule has 1 aliphatic heterocycles. The molecule has 0 bridgehead atoms. The summed E-state index contributed by atoms with van der Waals surface area (Å²) in [5.74, 6) is -0.541. The van der Waals surface area contributed by atoms with Crippen LogP contribution in [-0.2, 0) is 20.7 Å². The van der Waals surface area contributed by atoms with Crippen LogP contribution in [0.2, 0.25) is 0 Å². The summed E-state index contributed by atoms with van der Waals surface area (Å²) >= 11 is 0. The zero-order valence-corrected chi connectivity index (χ0v) is 20.2. The van der Waals surface area contributed by atoms with Crippen molar-refractivity contribution < 1.29 is 19.1 Å². The largest absolute Gasteiger partial charge is 0.466 e. The molecule has 1 fully saturated rings. The van der Waals surface area contributed by atoms with Gasteiger partial charge >= 0.3 is 12.0 Å². The number of nitrogens with zero attached hydrogens (tertiary/aromatic N) is 2. The first kappa shape index (κ1) is 25.3. The quantitative estimate of drug-likeness (QED) is 0.561. The molecule has 182 valence electrons. The molecule has 2 aromatic carbocycles. The average molecular weight is 466 g/mol. The average Bonchev–Trinajstić information content (AvgIpc) is 2.86. The van der Waals surface area contributed by atoms with Crippen LogP contribution < -0.4 is 5.32 Å². The van der Waals surface area contributed by atoms with Crippen molar-refractivity contribution in [2.24, 2.45) is 5.92 Å². The van der Waals surface area contributed by atoms with Gasteiger partial charge in [-0.3, -0.25) is 9.59 Å². The van der Waals surface area contributed by atoms with Crippen LogP contribution in [0.3, 0.4) is 0 Å². The molecule has 0 saturated carbocycles. The Morgan fingerprint density at radius 2 is 1.79 bits per heavy atom. The van der Waals surface area contributed by atoms with E-state index < -0.39 is 0 Å². The summed E-state index contributed by atoms with van der Waals surface area (Å²) in [5.41, 5.74) is 2.88. The molecule has 0 aromatic heterocycles. The summed E-state index contributed by atoms with van der Waals surface area (Å²) in [7, 11) is 0. The number of likely N-dealkylation sites (tertiary alicyclic amines) is 1. The molecule has 1 heterocycles. The third-order valence-electron chi connectivity index (χ3n) is 6.18. The molecule has 7 nitrogen and oxygen atoms in total. The van der Waals surface area contributed by atoms with E-state index in [0.29, 0.717) is 39.2 Å². The molecule has 34 heavy (non-hydrogen) atoms. The highest BCUT2D eigenvalue weighted by molar-refractivity contribution is 5.90. The minimum absolute atomic E-state index is 0.0394. The maximum Gasteiger partial charge on any atom is 0.321 e. The van der Waals surface area contributed by atoms with Crippen LogP contribution in [0.4, 0.5) is 10.5 Å². The van der Waals surface area contributed by atoms with Gasteiger partial charge in [0.2, 0.25) is 5.91 Å².